The van der Waals surface area contributed by atoms with E-state index < -0.39 is 12.0 Å². The number of hydrogen-bond donors (Lipinski definition) is 3. The molecule has 0 bridgehead atoms. The third kappa shape index (κ3) is 8.84. The first kappa shape index (κ1) is 27.4. The largest absolute Gasteiger partial charge is 0.489 e. The van der Waals surface area contributed by atoms with E-state index in [0.29, 0.717) is 69.5 Å². The predicted molar refractivity (Wildman–Crippen MR) is 126 cm³/mol. The van der Waals surface area contributed by atoms with Gasteiger partial charge < -0.3 is 35.1 Å². The van der Waals surface area contributed by atoms with Gasteiger partial charge in [0.25, 0.3) is 5.56 Å². The third-order valence-electron chi connectivity index (χ3n) is 4.92. The molecule has 1 aromatic heterocycles. The van der Waals surface area contributed by atoms with Gasteiger partial charge in [-0.05, 0) is 24.6 Å². The van der Waals surface area contributed by atoms with Crippen molar-refractivity contribution in [2.45, 2.75) is 12.5 Å². The number of aryl methyl sites for hydroxylation is 1. The molecule has 0 aliphatic heterocycles. The number of ether oxygens (including phenoxy) is 4. The predicted octanol–water partition coefficient (Wildman–Crippen LogP) is 0.0497. The summed E-state index contributed by atoms with van der Waals surface area (Å²) in [6.07, 6.45) is 1.82. The van der Waals surface area contributed by atoms with E-state index in [0.717, 1.165) is 5.56 Å². The zero-order chi connectivity index (χ0) is 24.8. The third-order valence-corrected chi connectivity index (χ3v) is 4.92. The topological polar surface area (TPSA) is 147 Å². The molecule has 4 N–H and O–H groups in total. The van der Waals surface area contributed by atoms with Gasteiger partial charge in [-0.1, -0.05) is 24.3 Å². The summed E-state index contributed by atoms with van der Waals surface area (Å²) in [5.74, 6) is -0.568. The first-order chi connectivity index (χ1) is 16.5. The normalized spacial score (nSPS) is 12.0. The second-order valence-electron chi connectivity index (χ2n) is 7.37. The Morgan fingerprint density at radius 1 is 1.06 bits per heavy atom. The van der Waals surface area contributed by atoms with Crippen LogP contribution in [0.2, 0.25) is 0 Å². The molecule has 1 unspecified atom stereocenters. The molecular weight excluding hydrogens is 444 g/mol. The molecule has 0 spiro atoms. The first-order valence-electron chi connectivity index (χ1n) is 11.1. The first-order valence-corrected chi connectivity index (χ1v) is 11.1. The standard InChI is InChI=1S/C23H34N4O7/c1-25-19(23(29)30)15-17-3-5-18(6-4-17)21-20(16-26-27(2)22(21)28)34-14-13-33-12-11-32-10-9-31-8-7-24/h3-6,16,19,25H,7-15,24H2,1-2H3,(H,29,30). The quantitative estimate of drug-likeness (QED) is 0.266. The molecule has 0 radical (unpaired) electrons. The van der Waals surface area contributed by atoms with E-state index in [2.05, 4.69) is 10.4 Å². The van der Waals surface area contributed by atoms with Crippen molar-refractivity contribution in [2.75, 3.05) is 59.8 Å². The van der Waals surface area contributed by atoms with Crippen molar-refractivity contribution in [3.63, 3.8) is 0 Å². The van der Waals surface area contributed by atoms with Crippen molar-refractivity contribution in [2.24, 2.45) is 12.8 Å². The molecule has 11 heteroatoms. The number of nitrogens with one attached hydrogen (secondary N) is 1. The van der Waals surface area contributed by atoms with Crippen LogP contribution in [-0.2, 0) is 32.5 Å². The van der Waals surface area contributed by atoms with Crippen molar-refractivity contribution >= 4 is 5.97 Å². The molecule has 188 valence electrons. The van der Waals surface area contributed by atoms with Gasteiger partial charge in [0.1, 0.15) is 12.6 Å². The number of hydrogen-bond acceptors (Lipinski definition) is 9. The lowest BCUT2D eigenvalue weighted by molar-refractivity contribution is -0.139. The van der Waals surface area contributed by atoms with Crippen LogP contribution in [0.3, 0.4) is 0 Å². The maximum absolute atomic E-state index is 12.8. The number of aromatic nitrogens is 2. The molecule has 34 heavy (non-hydrogen) atoms. The van der Waals surface area contributed by atoms with Crippen LogP contribution in [0.1, 0.15) is 5.56 Å². The number of nitrogens with two attached hydrogens (primary N) is 1. The molecule has 0 fully saturated rings. The van der Waals surface area contributed by atoms with Crippen LogP contribution in [0.25, 0.3) is 11.1 Å². The highest BCUT2D eigenvalue weighted by molar-refractivity contribution is 5.74. The van der Waals surface area contributed by atoms with E-state index in [-0.39, 0.29) is 12.2 Å². The smallest absolute Gasteiger partial charge is 0.321 e. The molecule has 1 atom stereocenters. The molecule has 1 heterocycles. The van der Waals surface area contributed by atoms with Crippen LogP contribution in [0.5, 0.6) is 5.75 Å². The summed E-state index contributed by atoms with van der Waals surface area (Å²) in [5, 5.41) is 16.0. The summed E-state index contributed by atoms with van der Waals surface area (Å²) in [7, 11) is 3.17. The molecule has 11 nitrogen and oxygen atoms in total. The molecule has 0 saturated heterocycles. The zero-order valence-electron chi connectivity index (χ0n) is 19.7. The summed E-state index contributed by atoms with van der Waals surface area (Å²) < 4.78 is 23.1. The average molecular weight is 479 g/mol. The van der Waals surface area contributed by atoms with Crippen LogP contribution >= 0.6 is 0 Å². The highest BCUT2D eigenvalue weighted by atomic mass is 16.6. The molecule has 0 saturated carbocycles. The molecule has 0 aliphatic rings. The molecule has 0 amide bonds. The summed E-state index contributed by atoms with van der Waals surface area (Å²) >= 11 is 0. The Hall–Kier alpha value is -2.83. The van der Waals surface area contributed by atoms with Gasteiger partial charge in [0.15, 0.2) is 5.75 Å². The summed E-state index contributed by atoms with van der Waals surface area (Å²) in [6.45, 7) is 3.39. The number of carboxylic acid groups (broad SMARTS) is 1. The van der Waals surface area contributed by atoms with E-state index in [9.17, 15) is 14.7 Å². The molecule has 2 rings (SSSR count). The number of carboxylic acids is 1. The van der Waals surface area contributed by atoms with Gasteiger partial charge in [-0.2, -0.15) is 5.10 Å². The van der Waals surface area contributed by atoms with Gasteiger partial charge in [0.2, 0.25) is 0 Å². The number of benzene rings is 1. The second kappa shape index (κ2) is 15.1. The second-order valence-corrected chi connectivity index (χ2v) is 7.37. The number of carbonyl (C=O) groups is 1. The SMILES string of the molecule is CNC(Cc1ccc(-c2c(OCCOCCOCCOCCN)cnn(C)c2=O)cc1)C(=O)O. The van der Waals surface area contributed by atoms with Crippen molar-refractivity contribution in [3.05, 3.63) is 46.4 Å². The molecule has 2 aromatic rings. The van der Waals surface area contributed by atoms with Crippen molar-refractivity contribution in [3.8, 4) is 16.9 Å². The average Bonchev–Trinajstić information content (AvgIpc) is 2.83. The van der Waals surface area contributed by atoms with Gasteiger partial charge >= 0.3 is 5.97 Å². The Bertz CT molecular complexity index is 934. The summed E-state index contributed by atoms with van der Waals surface area (Å²) in [6, 6.07) is 6.47. The van der Waals surface area contributed by atoms with E-state index in [1.165, 1.54) is 10.9 Å². The zero-order valence-corrected chi connectivity index (χ0v) is 19.7. The van der Waals surface area contributed by atoms with E-state index in [1.54, 1.807) is 38.4 Å². The highest BCUT2D eigenvalue weighted by Crippen LogP contribution is 2.26. The minimum atomic E-state index is -0.921. The minimum absolute atomic E-state index is 0.238. The van der Waals surface area contributed by atoms with Gasteiger partial charge in [0, 0.05) is 13.6 Å². The van der Waals surface area contributed by atoms with E-state index in [1.807, 2.05) is 0 Å². The number of rotatable bonds is 17. The minimum Gasteiger partial charge on any atom is -0.489 e. The van der Waals surface area contributed by atoms with Crippen LogP contribution in [-0.4, -0.2) is 86.7 Å². The Morgan fingerprint density at radius 3 is 2.21 bits per heavy atom. The molecule has 0 aliphatic carbocycles. The maximum Gasteiger partial charge on any atom is 0.321 e. The lowest BCUT2D eigenvalue weighted by atomic mass is 10.0. The Kier molecular flexibility index (Phi) is 12.2. The van der Waals surface area contributed by atoms with Gasteiger partial charge in [-0.3, -0.25) is 9.59 Å². The van der Waals surface area contributed by atoms with Gasteiger partial charge in [-0.15, -0.1) is 0 Å². The van der Waals surface area contributed by atoms with Crippen molar-refractivity contribution < 1.29 is 28.8 Å². The number of likely N-dealkylation sites (N-methyl/N-ethyl adjacent to an activating group) is 1. The van der Waals surface area contributed by atoms with Crippen LogP contribution in [0.15, 0.2) is 35.3 Å². The van der Waals surface area contributed by atoms with Crippen LogP contribution in [0.4, 0.5) is 0 Å². The van der Waals surface area contributed by atoms with Gasteiger partial charge in [0.05, 0.1) is 51.4 Å². The van der Waals surface area contributed by atoms with E-state index >= 15 is 0 Å². The van der Waals surface area contributed by atoms with Crippen molar-refractivity contribution in [1.82, 2.24) is 15.1 Å². The monoisotopic (exact) mass is 478 g/mol. The van der Waals surface area contributed by atoms with Crippen LogP contribution in [0, 0.1) is 0 Å². The van der Waals surface area contributed by atoms with Crippen molar-refractivity contribution in [1.29, 1.82) is 0 Å². The van der Waals surface area contributed by atoms with E-state index in [4.69, 9.17) is 24.7 Å². The lowest BCUT2D eigenvalue weighted by Gasteiger charge is -2.14. The highest BCUT2D eigenvalue weighted by Gasteiger charge is 2.17. The molecule has 1 aromatic carbocycles. The Balaban J connectivity index is 1.90. The van der Waals surface area contributed by atoms with Crippen LogP contribution < -0.4 is 21.3 Å². The number of aliphatic carboxylic acids is 1. The summed E-state index contributed by atoms with van der Waals surface area (Å²) in [5.41, 5.74) is 6.91. The fraction of sp³-hybridized carbons (Fsp3) is 0.522. The summed E-state index contributed by atoms with van der Waals surface area (Å²) in [4.78, 5) is 24.0. The fourth-order valence-electron chi connectivity index (χ4n) is 3.09. The fourth-order valence-corrected chi connectivity index (χ4v) is 3.09. The Labute approximate surface area is 198 Å². The lowest BCUT2D eigenvalue weighted by Crippen LogP contribution is -2.35. The molecular formula is C23H34N4O7. The number of nitrogens with zero attached hydrogens (tertiary/aromatic N) is 2. The Morgan fingerprint density at radius 2 is 1.65 bits per heavy atom. The van der Waals surface area contributed by atoms with Gasteiger partial charge in [-0.25, -0.2) is 4.68 Å². The maximum atomic E-state index is 12.8.